The normalized spacial score (nSPS) is 43.6. The van der Waals surface area contributed by atoms with Crippen molar-refractivity contribution in [2.24, 2.45) is 34.0 Å². The molecule has 1 aromatic heterocycles. The van der Waals surface area contributed by atoms with Crippen molar-refractivity contribution in [1.82, 2.24) is 9.55 Å². The predicted octanol–water partition coefficient (Wildman–Crippen LogP) is 5.15. The molecule has 1 heterocycles. The Morgan fingerprint density at radius 2 is 2.10 bits per heavy atom. The van der Waals surface area contributed by atoms with E-state index in [1.54, 1.807) is 17.1 Å². The maximum Gasteiger partial charge on any atom is 0.311 e. The molecule has 5 rings (SSSR count). The molecule has 0 aromatic carbocycles. The number of aromatic nitrogens is 2. The second-order valence-corrected chi connectivity index (χ2v) is 11.4. The highest BCUT2D eigenvalue weighted by Crippen LogP contribution is 2.72. The van der Waals surface area contributed by atoms with Gasteiger partial charge in [0.05, 0.1) is 12.5 Å². The summed E-state index contributed by atoms with van der Waals surface area (Å²) in [5, 5.41) is 0.468. The average Bonchev–Trinajstić information content (AvgIpc) is 3.36. The lowest BCUT2D eigenvalue weighted by molar-refractivity contribution is -0.188. The Hall–Kier alpha value is -1.69. The Kier molecular flexibility index (Phi) is 4.89. The maximum absolute atomic E-state index is 12.9. The summed E-state index contributed by atoms with van der Waals surface area (Å²) in [7, 11) is 1.54. The van der Waals surface area contributed by atoms with Crippen LogP contribution < -0.4 is 0 Å². The summed E-state index contributed by atoms with van der Waals surface area (Å²) in [5.41, 5.74) is 1.35. The lowest BCUT2D eigenvalue weighted by Crippen LogP contribution is -2.59. The van der Waals surface area contributed by atoms with Crippen LogP contribution in [0.3, 0.4) is 0 Å². The van der Waals surface area contributed by atoms with Crippen molar-refractivity contribution in [3.8, 4) is 0 Å². The maximum atomic E-state index is 12.9. The minimum Gasteiger partial charge on any atom is -0.469 e. The molecule has 5 nitrogen and oxygen atoms in total. The Morgan fingerprint density at radius 1 is 1.29 bits per heavy atom. The van der Waals surface area contributed by atoms with Crippen LogP contribution in [0.25, 0.3) is 0 Å². The molecule has 0 radical (unpaired) electrons. The van der Waals surface area contributed by atoms with Gasteiger partial charge in [-0.05, 0) is 86.8 Å². The second-order valence-electron chi connectivity index (χ2n) is 11.0. The standard InChI is InChI=1S/C25H34N2O3S/c1-16-13-25-9-6-19-23(2,7-5-8-24(19,3)21(28)29-4)20(25)12-18(17(16)14-25)30-22(31)27-11-10-26-15-27/h10-11,15,17-20H,1,5-9,12-14H2,2-4H3/t17-,18-,19+,20+,23-,24-,25-/m1/s1. The molecule has 1 spiro atoms. The van der Waals surface area contributed by atoms with Gasteiger partial charge in [0.15, 0.2) is 0 Å². The second kappa shape index (κ2) is 7.16. The van der Waals surface area contributed by atoms with Gasteiger partial charge in [0.2, 0.25) is 0 Å². The number of imidazole rings is 1. The first-order valence-corrected chi connectivity index (χ1v) is 12.1. The molecular weight excluding hydrogens is 408 g/mol. The quantitative estimate of drug-likeness (QED) is 0.360. The van der Waals surface area contributed by atoms with Gasteiger partial charge < -0.3 is 9.47 Å². The third kappa shape index (κ3) is 2.96. The molecule has 1 aromatic rings. The largest absolute Gasteiger partial charge is 0.469 e. The third-order valence-corrected chi connectivity index (χ3v) is 10.0. The van der Waals surface area contributed by atoms with E-state index >= 15 is 0 Å². The lowest BCUT2D eigenvalue weighted by atomic mass is 9.41. The van der Waals surface area contributed by atoms with Crippen molar-refractivity contribution >= 4 is 23.4 Å². The van der Waals surface area contributed by atoms with Crippen molar-refractivity contribution in [3.05, 3.63) is 30.9 Å². The van der Waals surface area contributed by atoms with Crippen LogP contribution in [0.4, 0.5) is 0 Å². The minimum atomic E-state index is -0.391. The molecule has 0 saturated heterocycles. The molecule has 0 aliphatic heterocycles. The summed E-state index contributed by atoms with van der Waals surface area (Å²) in [5.74, 6) is 1.20. The molecule has 0 unspecified atom stereocenters. The van der Waals surface area contributed by atoms with Gasteiger partial charge in [0, 0.05) is 18.3 Å². The summed E-state index contributed by atoms with van der Waals surface area (Å²) in [6, 6.07) is 0. The zero-order chi connectivity index (χ0) is 22.0. The number of methoxy groups -OCH3 is 1. The van der Waals surface area contributed by atoms with Gasteiger partial charge in [0.1, 0.15) is 12.4 Å². The average molecular weight is 443 g/mol. The lowest BCUT2D eigenvalue weighted by Gasteiger charge is -2.64. The summed E-state index contributed by atoms with van der Waals surface area (Å²) in [4.78, 5) is 17.0. The molecule has 4 aliphatic rings. The molecule has 31 heavy (non-hydrogen) atoms. The van der Waals surface area contributed by atoms with E-state index in [2.05, 4.69) is 25.4 Å². The number of nitrogens with zero attached hydrogens (tertiary/aromatic N) is 2. The van der Waals surface area contributed by atoms with Gasteiger partial charge in [-0.15, -0.1) is 0 Å². The summed E-state index contributed by atoms with van der Waals surface area (Å²) in [6.07, 6.45) is 14.0. The smallest absolute Gasteiger partial charge is 0.311 e. The highest BCUT2D eigenvalue weighted by Gasteiger charge is 2.67. The van der Waals surface area contributed by atoms with Gasteiger partial charge in [-0.3, -0.25) is 9.36 Å². The van der Waals surface area contributed by atoms with Crippen molar-refractivity contribution in [1.29, 1.82) is 0 Å². The Bertz CT molecular complexity index is 914. The number of carbonyl (C=O) groups excluding carboxylic acids is 1. The zero-order valence-electron chi connectivity index (χ0n) is 18.9. The number of carbonyl (C=O) groups is 1. The summed E-state index contributed by atoms with van der Waals surface area (Å²) < 4.78 is 13.5. The minimum absolute atomic E-state index is 0.0296. The molecule has 4 saturated carbocycles. The molecule has 0 N–H and O–H groups in total. The van der Waals surface area contributed by atoms with Crippen LogP contribution >= 0.6 is 12.2 Å². The molecule has 4 aliphatic carbocycles. The fourth-order valence-electron chi connectivity index (χ4n) is 8.45. The highest BCUT2D eigenvalue weighted by molar-refractivity contribution is 7.80. The van der Waals surface area contributed by atoms with Crippen LogP contribution in [-0.4, -0.2) is 33.9 Å². The van der Waals surface area contributed by atoms with Crippen molar-refractivity contribution in [2.75, 3.05) is 7.11 Å². The monoisotopic (exact) mass is 442 g/mol. The Morgan fingerprint density at radius 3 is 2.81 bits per heavy atom. The van der Waals surface area contributed by atoms with E-state index in [1.165, 1.54) is 25.5 Å². The number of rotatable bonds is 2. The summed E-state index contributed by atoms with van der Waals surface area (Å²) in [6.45, 7) is 9.09. The molecule has 7 atom stereocenters. The van der Waals surface area contributed by atoms with Crippen molar-refractivity contribution < 1.29 is 14.3 Å². The highest BCUT2D eigenvalue weighted by atomic mass is 32.1. The number of esters is 1. The van der Waals surface area contributed by atoms with E-state index in [4.69, 9.17) is 21.7 Å². The van der Waals surface area contributed by atoms with Crippen LogP contribution in [-0.2, 0) is 14.3 Å². The predicted molar refractivity (Wildman–Crippen MR) is 122 cm³/mol. The molecule has 2 bridgehead atoms. The third-order valence-electron chi connectivity index (χ3n) is 9.71. The van der Waals surface area contributed by atoms with Gasteiger partial charge in [0.25, 0.3) is 5.17 Å². The van der Waals surface area contributed by atoms with E-state index in [0.29, 0.717) is 28.3 Å². The number of fused-ring (bicyclic) bond motifs is 3. The van der Waals surface area contributed by atoms with Gasteiger partial charge in [-0.1, -0.05) is 25.5 Å². The fourth-order valence-corrected chi connectivity index (χ4v) is 8.68. The first-order valence-electron chi connectivity index (χ1n) is 11.7. The van der Waals surface area contributed by atoms with Crippen LogP contribution in [0.5, 0.6) is 0 Å². The number of thiocarbonyl (C=S) groups is 1. The number of hydrogen-bond acceptors (Lipinski definition) is 5. The Balaban J connectivity index is 1.48. The first-order chi connectivity index (χ1) is 14.7. The van der Waals surface area contributed by atoms with Gasteiger partial charge in [-0.2, -0.15) is 0 Å². The van der Waals surface area contributed by atoms with Crippen molar-refractivity contribution in [2.45, 2.75) is 71.3 Å². The van der Waals surface area contributed by atoms with Crippen LogP contribution in [0.15, 0.2) is 30.9 Å². The first kappa shape index (κ1) is 21.2. The van der Waals surface area contributed by atoms with Gasteiger partial charge in [-0.25, -0.2) is 4.98 Å². The Labute approximate surface area is 190 Å². The summed E-state index contributed by atoms with van der Waals surface area (Å²) >= 11 is 5.59. The van der Waals surface area contributed by atoms with Crippen LogP contribution in [0.2, 0.25) is 0 Å². The fraction of sp³-hybridized carbons (Fsp3) is 0.720. The molecule has 6 heteroatoms. The van der Waals surface area contributed by atoms with E-state index in [0.717, 1.165) is 38.5 Å². The number of hydrogen-bond donors (Lipinski definition) is 0. The topological polar surface area (TPSA) is 53.4 Å². The number of ether oxygens (including phenoxy) is 2. The van der Waals surface area contributed by atoms with E-state index in [-0.39, 0.29) is 17.5 Å². The van der Waals surface area contributed by atoms with Crippen LogP contribution in [0, 0.1) is 34.0 Å². The van der Waals surface area contributed by atoms with E-state index < -0.39 is 5.41 Å². The van der Waals surface area contributed by atoms with E-state index in [9.17, 15) is 4.79 Å². The SMILES string of the molecule is C=C1C[C@@]23CC[C@H]4[C@@](C)(CCC[C@@]4(C)C(=O)OC)[C@@H]2C[C@@H](OC(=S)n2ccnc2)[C@@H]1C3. The van der Waals surface area contributed by atoms with E-state index in [1.807, 2.05) is 6.20 Å². The molecule has 4 fully saturated rings. The van der Waals surface area contributed by atoms with Gasteiger partial charge >= 0.3 is 5.97 Å². The molecule has 0 amide bonds. The van der Waals surface area contributed by atoms with Crippen LogP contribution in [0.1, 0.15) is 65.2 Å². The molecular formula is C25H34N2O3S. The molecule has 168 valence electrons. The van der Waals surface area contributed by atoms with Crippen molar-refractivity contribution in [3.63, 3.8) is 0 Å². The zero-order valence-corrected chi connectivity index (χ0v) is 19.7.